The van der Waals surface area contributed by atoms with Crippen molar-refractivity contribution in [2.45, 2.75) is 0 Å². The van der Waals surface area contributed by atoms with Crippen LogP contribution in [0.4, 0.5) is 4.39 Å². The molecule has 2 aromatic rings. The van der Waals surface area contributed by atoms with Crippen LogP contribution >= 0.6 is 0 Å². The Hall–Kier alpha value is -1.38. The van der Waals surface area contributed by atoms with Crippen LogP contribution in [-0.2, 0) is 7.05 Å². The first-order valence-electron chi connectivity index (χ1n) is 3.28. The zero-order valence-corrected chi connectivity index (χ0v) is 6.00. The van der Waals surface area contributed by atoms with E-state index in [0.717, 1.165) is 0 Å². The van der Waals surface area contributed by atoms with E-state index in [1.54, 1.807) is 19.2 Å². The Labute approximate surface area is 63.3 Å². The largest absolute Gasteiger partial charge is 0.264 e. The molecule has 2 rings (SSSR count). The fourth-order valence-corrected chi connectivity index (χ4v) is 1.11. The molecule has 0 aliphatic rings. The van der Waals surface area contributed by atoms with Crippen LogP contribution in [0, 0.1) is 12.0 Å². The number of hydrogen-bond acceptors (Lipinski definition) is 1. The monoisotopic (exact) mass is 149 g/mol. The Kier molecular flexibility index (Phi) is 1.18. The number of aryl methyl sites for hydroxylation is 1. The summed E-state index contributed by atoms with van der Waals surface area (Å²) in [7, 11) is 1.70. The van der Waals surface area contributed by atoms with Gasteiger partial charge in [-0.25, -0.2) is 4.39 Å². The zero-order valence-electron chi connectivity index (χ0n) is 6.00. The molecule has 1 radical (unpaired) electrons. The molecule has 0 bridgehead atoms. The highest BCUT2D eigenvalue weighted by molar-refractivity contribution is 5.78. The van der Waals surface area contributed by atoms with Gasteiger partial charge in [-0.05, 0) is 6.07 Å². The average Bonchev–Trinajstić information content (AvgIpc) is 2.34. The van der Waals surface area contributed by atoms with E-state index in [0.29, 0.717) is 10.9 Å². The van der Waals surface area contributed by atoms with Gasteiger partial charge in [-0.2, -0.15) is 5.10 Å². The Morgan fingerprint density at radius 1 is 1.55 bits per heavy atom. The van der Waals surface area contributed by atoms with Crippen molar-refractivity contribution in [3.63, 3.8) is 0 Å². The fraction of sp³-hybridized carbons (Fsp3) is 0.125. The maximum absolute atomic E-state index is 13.0. The predicted molar refractivity (Wildman–Crippen MR) is 39.5 cm³/mol. The maximum Gasteiger partial charge on any atom is 0.149 e. The minimum atomic E-state index is -0.251. The molecule has 0 saturated heterocycles. The second kappa shape index (κ2) is 2.05. The van der Waals surface area contributed by atoms with E-state index in [1.807, 2.05) is 0 Å². The molecule has 0 N–H and O–H groups in total. The van der Waals surface area contributed by atoms with Gasteiger partial charge in [0.25, 0.3) is 0 Å². The Balaban J connectivity index is 2.96. The highest BCUT2D eigenvalue weighted by Crippen LogP contribution is 2.14. The van der Waals surface area contributed by atoms with Gasteiger partial charge in [0.2, 0.25) is 0 Å². The summed E-state index contributed by atoms with van der Waals surface area (Å²) in [6.45, 7) is 0. The molecule has 11 heavy (non-hydrogen) atoms. The van der Waals surface area contributed by atoms with Gasteiger partial charge in [0, 0.05) is 12.4 Å². The first-order valence-corrected chi connectivity index (χ1v) is 3.28. The molecule has 1 aromatic carbocycles. The molecule has 0 aliphatic carbocycles. The molecule has 2 nitrogen and oxygen atoms in total. The van der Waals surface area contributed by atoms with E-state index in [9.17, 15) is 4.39 Å². The number of nitrogens with zero attached hydrogens (tertiary/aromatic N) is 2. The molecule has 1 aromatic heterocycles. The van der Waals surface area contributed by atoms with Gasteiger partial charge in [-0.15, -0.1) is 0 Å². The first-order chi connectivity index (χ1) is 5.29. The number of benzene rings is 1. The highest BCUT2D eigenvalue weighted by atomic mass is 19.1. The number of halogens is 1. The standard InChI is InChI=1S/C8H6FN2/c1-11-8-6(5-10-11)3-2-4-7(8)9/h2-4H,1H3. The molecule has 0 atom stereocenters. The Morgan fingerprint density at radius 2 is 2.36 bits per heavy atom. The minimum Gasteiger partial charge on any atom is -0.264 e. The number of fused-ring (bicyclic) bond motifs is 1. The van der Waals surface area contributed by atoms with Crippen LogP contribution in [0.25, 0.3) is 10.9 Å². The smallest absolute Gasteiger partial charge is 0.149 e. The van der Waals surface area contributed by atoms with E-state index >= 15 is 0 Å². The molecule has 0 spiro atoms. The van der Waals surface area contributed by atoms with Crippen LogP contribution < -0.4 is 0 Å². The first kappa shape index (κ1) is 6.34. The summed E-state index contributed by atoms with van der Waals surface area (Å²) in [6.07, 6.45) is 2.70. The summed E-state index contributed by atoms with van der Waals surface area (Å²) in [5.41, 5.74) is 0.507. The van der Waals surface area contributed by atoms with Gasteiger partial charge in [0.05, 0.1) is 0 Å². The van der Waals surface area contributed by atoms with E-state index in [1.165, 1.54) is 10.7 Å². The van der Waals surface area contributed by atoms with Crippen LogP contribution in [0.1, 0.15) is 0 Å². The molecular formula is C8H6FN2. The lowest BCUT2D eigenvalue weighted by Crippen LogP contribution is -1.90. The fourth-order valence-electron chi connectivity index (χ4n) is 1.11. The summed E-state index contributed by atoms with van der Waals surface area (Å²) < 4.78 is 14.5. The Bertz CT molecular complexity index is 392. The van der Waals surface area contributed by atoms with Crippen molar-refractivity contribution >= 4 is 10.9 Å². The predicted octanol–water partition coefficient (Wildman–Crippen LogP) is 1.51. The molecule has 0 aliphatic heterocycles. The second-order valence-corrected chi connectivity index (χ2v) is 2.37. The van der Waals surface area contributed by atoms with Crippen molar-refractivity contribution in [2.24, 2.45) is 7.05 Å². The molecule has 0 fully saturated rings. The number of rotatable bonds is 0. The number of para-hydroxylation sites is 1. The third-order valence-corrected chi connectivity index (χ3v) is 1.63. The van der Waals surface area contributed by atoms with Crippen LogP contribution in [-0.4, -0.2) is 9.78 Å². The van der Waals surface area contributed by atoms with Gasteiger partial charge in [-0.3, -0.25) is 4.68 Å². The lowest BCUT2D eigenvalue weighted by molar-refractivity contribution is 0.625. The molecule has 0 saturated carbocycles. The van der Waals surface area contributed by atoms with Crippen molar-refractivity contribution in [3.05, 3.63) is 30.2 Å². The molecular weight excluding hydrogens is 143 g/mol. The summed E-state index contributed by atoms with van der Waals surface area (Å²) in [4.78, 5) is 0. The lowest BCUT2D eigenvalue weighted by Gasteiger charge is -1.93. The SMILES string of the molecule is Cn1n[c]c2cccc(F)c21. The lowest BCUT2D eigenvalue weighted by atomic mass is 10.2. The van der Waals surface area contributed by atoms with Crippen LogP contribution in [0.15, 0.2) is 18.2 Å². The third kappa shape index (κ3) is 0.808. The molecule has 1 heterocycles. The van der Waals surface area contributed by atoms with Crippen molar-refractivity contribution in [2.75, 3.05) is 0 Å². The van der Waals surface area contributed by atoms with Gasteiger partial charge in [0.15, 0.2) is 0 Å². The number of hydrogen-bond donors (Lipinski definition) is 0. The zero-order chi connectivity index (χ0) is 7.84. The van der Waals surface area contributed by atoms with E-state index < -0.39 is 0 Å². The van der Waals surface area contributed by atoms with Crippen LogP contribution in [0.3, 0.4) is 0 Å². The van der Waals surface area contributed by atoms with Gasteiger partial charge < -0.3 is 0 Å². The van der Waals surface area contributed by atoms with Crippen molar-refractivity contribution < 1.29 is 4.39 Å². The summed E-state index contributed by atoms with van der Waals surface area (Å²) in [5, 5.41) is 4.52. The van der Waals surface area contributed by atoms with Gasteiger partial charge >= 0.3 is 0 Å². The molecule has 0 unspecified atom stereocenters. The summed E-state index contributed by atoms with van der Waals surface area (Å²) in [6, 6.07) is 4.85. The average molecular weight is 149 g/mol. The second-order valence-electron chi connectivity index (χ2n) is 2.37. The van der Waals surface area contributed by atoms with Crippen molar-refractivity contribution in [1.29, 1.82) is 0 Å². The maximum atomic E-state index is 13.0. The Morgan fingerprint density at radius 3 is 3.09 bits per heavy atom. The molecule has 0 amide bonds. The molecule has 55 valence electrons. The normalized spacial score (nSPS) is 10.7. The van der Waals surface area contributed by atoms with Crippen LogP contribution in [0.2, 0.25) is 0 Å². The third-order valence-electron chi connectivity index (χ3n) is 1.63. The minimum absolute atomic E-state index is 0.251. The number of aromatic nitrogens is 2. The summed E-state index contributed by atoms with van der Waals surface area (Å²) >= 11 is 0. The van der Waals surface area contributed by atoms with E-state index in [-0.39, 0.29) is 5.82 Å². The topological polar surface area (TPSA) is 17.8 Å². The van der Waals surface area contributed by atoms with Gasteiger partial charge in [0.1, 0.15) is 17.5 Å². The van der Waals surface area contributed by atoms with E-state index in [4.69, 9.17) is 0 Å². The quantitative estimate of drug-likeness (QED) is 0.555. The van der Waals surface area contributed by atoms with Gasteiger partial charge in [-0.1, -0.05) is 12.1 Å². The van der Waals surface area contributed by atoms with E-state index in [2.05, 4.69) is 11.3 Å². The van der Waals surface area contributed by atoms with Crippen LogP contribution in [0.5, 0.6) is 0 Å². The highest BCUT2D eigenvalue weighted by Gasteiger charge is 2.03. The van der Waals surface area contributed by atoms with Crippen molar-refractivity contribution in [1.82, 2.24) is 9.78 Å². The van der Waals surface area contributed by atoms with Crippen molar-refractivity contribution in [3.8, 4) is 0 Å². The summed E-state index contributed by atoms with van der Waals surface area (Å²) in [5.74, 6) is -0.251. The molecule has 3 heteroatoms.